The van der Waals surface area contributed by atoms with Crippen LogP contribution in [0.1, 0.15) is 10.6 Å². The van der Waals surface area contributed by atoms with Gasteiger partial charge in [-0.15, -0.1) is 11.3 Å². The number of rotatable bonds is 3. The molecule has 4 nitrogen and oxygen atoms in total. The van der Waals surface area contributed by atoms with Gasteiger partial charge in [-0.05, 0) is 35.9 Å². The van der Waals surface area contributed by atoms with E-state index in [1.54, 1.807) is 24.7 Å². The van der Waals surface area contributed by atoms with Crippen LogP contribution >= 0.6 is 11.3 Å². The maximum absolute atomic E-state index is 9.29. The van der Waals surface area contributed by atoms with Gasteiger partial charge in [0.25, 0.3) is 0 Å². The summed E-state index contributed by atoms with van der Waals surface area (Å²) in [7, 11) is 0. The molecule has 0 atom stereocenters. The van der Waals surface area contributed by atoms with E-state index in [2.05, 4.69) is 16.0 Å². The van der Waals surface area contributed by atoms with Gasteiger partial charge >= 0.3 is 0 Å². The second-order valence-electron chi connectivity index (χ2n) is 3.97. The van der Waals surface area contributed by atoms with Crippen LogP contribution in [0.4, 0.5) is 0 Å². The van der Waals surface area contributed by atoms with E-state index in [1.807, 2.05) is 29.6 Å². The predicted molar refractivity (Wildman–Crippen MR) is 77.5 cm³/mol. The van der Waals surface area contributed by atoms with E-state index in [1.165, 1.54) is 11.3 Å². The van der Waals surface area contributed by atoms with E-state index in [4.69, 9.17) is 4.42 Å². The molecule has 0 aromatic carbocycles. The highest BCUT2D eigenvalue weighted by molar-refractivity contribution is 7.11. The average molecular weight is 279 g/mol. The second kappa shape index (κ2) is 5.51. The zero-order chi connectivity index (χ0) is 13.8. The van der Waals surface area contributed by atoms with Gasteiger partial charge in [-0.2, -0.15) is 5.26 Å². The fraction of sp³-hybridized carbons (Fsp3) is 0. The van der Waals surface area contributed by atoms with Crippen molar-refractivity contribution in [3.05, 3.63) is 58.9 Å². The number of allylic oxidation sites excluding steroid dienone is 1. The summed E-state index contributed by atoms with van der Waals surface area (Å²) >= 11 is 1.42. The van der Waals surface area contributed by atoms with Crippen molar-refractivity contribution in [1.82, 2.24) is 9.97 Å². The van der Waals surface area contributed by atoms with Crippen LogP contribution in [0.25, 0.3) is 23.1 Å². The van der Waals surface area contributed by atoms with Gasteiger partial charge in [0, 0.05) is 17.8 Å². The number of hydrogen-bond donors (Lipinski definition) is 0. The van der Waals surface area contributed by atoms with Crippen molar-refractivity contribution in [3.63, 3.8) is 0 Å². The molecule has 3 aromatic rings. The Balaban J connectivity index is 1.95. The summed E-state index contributed by atoms with van der Waals surface area (Å²) < 4.78 is 5.30. The lowest BCUT2D eigenvalue weighted by atomic mass is 10.2. The van der Waals surface area contributed by atoms with Gasteiger partial charge in [-0.25, -0.2) is 4.98 Å². The Morgan fingerprint density at radius 1 is 1.30 bits per heavy atom. The predicted octanol–water partition coefficient (Wildman–Crippen LogP) is 3.86. The van der Waals surface area contributed by atoms with Crippen LogP contribution in [0.3, 0.4) is 0 Å². The standard InChI is InChI=1S/C15H9N3OS/c16-9-12(8-11-3-5-17-6-4-11)15-18-13(10-20-15)14-2-1-7-19-14/h1-8,10H/b12-8+. The molecule has 5 heteroatoms. The highest BCUT2D eigenvalue weighted by Crippen LogP contribution is 2.27. The van der Waals surface area contributed by atoms with Crippen molar-refractivity contribution in [2.45, 2.75) is 0 Å². The summed E-state index contributed by atoms with van der Waals surface area (Å²) in [5, 5.41) is 11.8. The van der Waals surface area contributed by atoms with Crippen molar-refractivity contribution < 1.29 is 4.42 Å². The normalized spacial score (nSPS) is 11.2. The lowest BCUT2D eigenvalue weighted by Gasteiger charge is -1.94. The molecule has 0 amide bonds. The minimum atomic E-state index is 0.527. The van der Waals surface area contributed by atoms with E-state index < -0.39 is 0 Å². The van der Waals surface area contributed by atoms with Crippen molar-refractivity contribution >= 4 is 23.0 Å². The maximum Gasteiger partial charge on any atom is 0.153 e. The number of nitriles is 1. The molecule has 0 aliphatic carbocycles. The van der Waals surface area contributed by atoms with Gasteiger partial charge < -0.3 is 4.42 Å². The molecule has 0 N–H and O–H groups in total. The summed E-state index contributed by atoms with van der Waals surface area (Å²) in [5.41, 5.74) is 2.19. The fourth-order valence-electron chi connectivity index (χ4n) is 1.70. The van der Waals surface area contributed by atoms with Crippen LogP contribution in [0.2, 0.25) is 0 Å². The molecule has 3 rings (SSSR count). The van der Waals surface area contributed by atoms with E-state index in [0.29, 0.717) is 16.3 Å². The fourth-order valence-corrected chi connectivity index (χ4v) is 2.48. The molecule has 0 bridgehead atoms. The van der Waals surface area contributed by atoms with E-state index in [9.17, 15) is 5.26 Å². The molecular formula is C15H9N3OS. The Labute approximate surface area is 119 Å². The zero-order valence-corrected chi connectivity index (χ0v) is 11.2. The van der Waals surface area contributed by atoms with Gasteiger partial charge in [-0.3, -0.25) is 4.98 Å². The smallest absolute Gasteiger partial charge is 0.153 e. The Bertz CT molecular complexity index is 767. The van der Waals surface area contributed by atoms with E-state index in [0.717, 1.165) is 11.3 Å². The summed E-state index contributed by atoms with van der Waals surface area (Å²) in [6, 6.07) is 9.53. The van der Waals surface area contributed by atoms with Gasteiger partial charge in [0.1, 0.15) is 16.8 Å². The molecule has 0 aliphatic heterocycles. The molecule has 0 radical (unpaired) electrons. The Kier molecular flexibility index (Phi) is 3.40. The van der Waals surface area contributed by atoms with Crippen LogP contribution in [0, 0.1) is 11.3 Å². The first-order chi connectivity index (χ1) is 9.86. The lowest BCUT2D eigenvalue weighted by Crippen LogP contribution is -1.82. The molecule has 96 valence electrons. The summed E-state index contributed by atoms with van der Waals surface area (Å²) in [4.78, 5) is 8.39. The first kappa shape index (κ1) is 12.3. The third-order valence-electron chi connectivity index (χ3n) is 2.65. The van der Waals surface area contributed by atoms with Crippen molar-refractivity contribution in [3.8, 4) is 17.5 Å². The van der Waals surface area contributed by atoms with Crippen LogP contribution in [0.5, 0.6) is 0 Å². The van der Waals surface area contributed by atoms with Gasteiger partial charge in [-0.1, -0.05) is 0 Å². The molecule has 0 spiro atoms. The average Bonchev–Trinajstić information content (AvgIpc) is 3.16. The summed E-state index contributed by atoms with van der Waals surface area (Å²) in [6.07, 6.45) is 6.78. The lowest BCUT2D eigenvalue weighted by molar-refractivity contribution is 0.580. The number of thiazole rings is 1. The SMILES string of the molecule is N#C/C(=C\c1ccncc1)c1nc(-c2ccco2)cs1. The molecule has 3 aromatic heterocycles. The molecule has 3 heterocycles. The first-order valence-corrected chi connectivity index (χ1v) is 6.76. The molecule has 0 unspecified atom stereocenters. The zero-order valence-electron chi connectivity index (χ0n) is 10.4. The molecule has 20 heavy (non-hydrogen) atoms. The van der Waals surface area contributed by atoms with Crippen LogP contribution in [-0.2, 0) is 0 Å². The van der Waals surface area contributed by atoms with E-state index in [-0.39, 0.29) is 0 Å². The largest absolute Gasteiger partial charge is 0.463 e. The number of aromatic nitrogens is 2. The maximum atomic E-state index is 9.29. The van der Waals surface area contributed by atoms with Gasteiger partial charge in [0.2, 0.25) is 0 Å². The van der Waals surface area contributed by atoms with Crippen molar-refractivity contribution in [1.29, 1.82) is 5.26 Å². The molecule has 0 aliphatic rings. The summed E-state index contributed by atoms with van der Waals surface area (Å²) in [6.45, 7) is 0. The minimum Gasteiger partial charge on any atom is -0.463 e. The van der Waals surface area contributed by atoms with E-state index >= 15 is 0 Å². The van der Waals surface area contributed by atoms with Crippen molar-refractivity contribution in [2.75, 3.05) is 0 Å². The van der Waals surface area contributed by atoms with Crippen LogP contribution < -0.4 is 0 Å². The number of nitrogens with zero attached hydrogens (tertiary/aromatic N) is 3. The molecule has 0 saturated carbocycles. The monoisotopic (exact) mass is 279 g/mol. The third-order valence-corrected chi connectivity index (χ3v) is 3.52. The molecule has 0 fully saturated rings. The number of furan rings is 1. The highest BCUT2D eigenvalue weighted by Gasteiger charge is 2.10. The minimum absolute atomic E-state index is 0.527. The van der Waals surface area contributed by atoms with Gasteiger partial charge in [0.15, 0.2) is 5.76 Å². The third kappa shape index (κ3) is 2.51. The quantitative estimate of drug-likeness (QED) is 0.683. The Hall–Kier alpha value is -2.71. The Morgan fingerprint density at radius 2 is 2.15 bits per heavy atom. The first-order valence-electron chi connectivity index (χ1n) is 5.88. The van der Waals surface area contributed by atoms with Gasteiger partial charge in [0.05, 0.1) is 11.8 Å². The van der Waals surface area contributed by atoms with Crippen molar-refractivity contribution in [2.24, 2.45) is 0 Å². The molecule has 0 saturated heterocycles. The second-order valence-corrected chi connectivity index (χ2v) is 4.82. The van der Waals surface area contributed by atoms with Crippen LogP contribution in [0.15, 0.2) is 52.7 Å². The number of pyridine rings is 1. The Morgan fingerprint density at radius 3 is 2.85 bits per heavy atom. The topological polar surface area (TPSA) is 62.7 Å². The summed E-state index contributed by atoms with van der Waals surface area (Å²) in [5.74, 6) is 0.703. The highest BCUT2D eigenvalue weighted by atomic mass is 32.1. The number of hydrogen-bond acceptors (Lipinski definition) is 5. The van der Waals surface area contributed by atoms with Crippen LogP contribution in [-0.4, -0.2) is 9.97 Å². The molecular weight excluding hydrogens is 270 g/mol.